The highest BCUT2D eigenvalue weighted by molar-refractivity contribution is 4.79. The molecule has 0 amide bonds. The molecule has 1 fully saturated rings. The van der Waals surface area contributed by atoms with E-state index in [-0.39, 0.29) is 18.4 Å². The number of hydrogen-bond acceptors (Lipinski definition) is 2. The van der Waals surface area contributed by atoms with E-state index in [2.05, 4.69) is 4.90 Å². The van der Waals surface area contributed by atoms with Crippen molar-refractivity contribution >= 4 is 0 Å². The van der Waals surface area contributed by atoms with E-state index in [1.165, 1.54) is 0 Å². The van der Waals surface area contributed by atoms with Crippen LogP contribution < -0.4 is 5.73 Å². The number of nitrogens with two attached hydrogens (primary N) is 1. The van der Waals surface area contributed by atoms with E-state index in [0.29, 0.717) is 13.1 Å². The minimum Gasteiger partial charge on any atom is -0.326 e. The van der Waals surface area contributed by atoms with Crippen molar-refractivity contribution in [2.24, 2.45) is 11.7 Å². The van der Waals surface area contributed by atoms with Crippen LogP contribution >= 0.6 is 0 Å². The van der Waals surface area contributed by atoms with Crippen molar-refractivity contribution in [3.05, 3.63) is 0 Å². The van der Waals surface area contributed by atoms with Gasteiger partial charge in [0.2, 0.25) is 0 Å². The lowest BCUT2D eigenvalue weighted by Crippen LogP contribution is -2.42. The molecular formula is C11H21F3N2. The Kier molecular flexibility index (Phi) is 4.23. The maximum Gasteiger partial charge on any atom is 0.391 e. The molecule has 1 aliphatic heterocycles. The van der Waals surface area contributed by atoms with Gasteiger partial charge in [-0.15, -0.1) is 0 Å². The molecule has 96 valence electrons. The lowest BCUT2D eigenvalue weighted by molar-refractivity contribution is -0.185. The fraction of sp³-hybridized carbons (Fsp3) is 1.00. The molecule has 0 aromatic carbocycles. The van der Waals surface area contributed by atoms with Gasteiger partial charge in [0.05, 0.1) is 5.92 Å². The molecule has 1 saturated heterocycles. The molecule has 0 aromatic heterocycles. The summed E-state index contributed by atoms with van der Waals surface area (Å²) in [5, 5.41) is 0. The van der Waals surface area contributed by atoms with Crippen LogP contribution in [0.25, 0.3) is 0 Å². The molecule has 2 N–H and O–H groups in total. The molecular weight excluding hydrogens is 217 g/mol. The predicted molar refractivity (Wildman–Crippen MR) is 58.1 cm³/mol. The van der Waals surface area contributed by atoms with Gasteiger partial charge in [0, 0.05) is 5.54 Å². The molecule has 0 bridgehead atoms. The summed E-state index contributed by atoms with van der Waals surface area (Å²) in [4.78, 5) is 2.08. The highest BCUT2D eigenvalue weighted by atomic mass is 19.4. The largest absolute Gasteiger partial charge is 0.391 e. The van der Waals surface area contributed by atoms with Crippen molar-refractivity contribution in [1.29, 1.82) is 0 Å². The fourth-order valence-corrected chi connectivity index (χ4v) is 1.93. The van der Waals surface area contributed by atoms with Crippen LogP contribution in [-0.2, 0) is 0 Å². The van der Waals surface area contributed by atoms with E-state index in [9.17, 15) is 13.2 Å². The molecule has 1 aliphatic rings. The van der Waals surface area contributed by atoms with Crippen molar-refractivity contribution in [1.82, 2.24) is 4.90 Å². The topological polar surface area (TPSA) is 29.3 Å². The summed E-state index contributed by atoms with van der Waals surface area (Å²) >= 11 is 0. The molecule has 2 nitrogen and oxygen atoms in total. The number of halogens is 3. The van der Waals surface area contributed by atoms with Gasteiger partial charge in [-0.2, -0.15) is 13.2 Å². The van der Waals surface area contributed by atoms with Gasteiger partial charge < -0.3 is 10.6 Å². The van der Waals surface area contributed by atoms with Crippen molar-refractivity contribution in [3.8, 4) is 0 Å². The van der Waals surface area contributed by atoms with Gasteiger partial charge in [0.25, 0.3) is 0 Å². The molecule has 5 heteroatoms. The van der Waals surface area contributed by atoms with E-state index in [1.807, 2.05) is 13.8 Å². The van der Waals surface area contributed by atoms with E-state index in [0.717, 1.165) is 13.0 Å². The normalized spacial score (nSPS) is 21.4. The first-order chi connectivity index (χ1) is 7.18. The minimum atomic E-state index is -4.01. The molecule has 1 heterocycles. The second-order valence-electron chi connectivity index (χ2n) is 5.40. The Morgan fingerprint density at radius 1 is 1.19 bits per heavy atom. The Hall–Kier alpha value is -0.290. The third kappa shape index (κ3) is 4.70. The maximum atomic E-state index is 12.4. The summed E-state index contributed by atoms with van der Waals surface area (Å²) in [5.74, 6) is -1.10. The first-order valence-corrected chi connectivity index (χ1v) is 5.76. The summed E-state index contributed by atoms with van der Waals surface area (Å²) in [6.07, 6.45) is -2.73. The smallest absolute Gasteiger partial charge is 0.326 e. The molecule has 0 spiro atoms. The Bertz CT molecular complexity index is 212. The monoisotopic (exact) mass is 238 g/mol. The van der Waals surface area contributed by atoms with E-state index < -0.39 is 12.1 Å². The van der Waals surface area contributed by atoms with Crippen LogP contribution in [0.3, 0.4) is 0 Å². The molecule has 1 rings (SSSR count). The van der Waals surface area contributed by atoms with Crippen LogP contribution in [0, 0.1) is 5.92 Å². The van der Waals surface area contributed by atoms with Crippen molar-refractivity contribution in [2.75, 3.05) is 19.6 Å². The van der Waals surface area contributed by atoms with Crippen LogP contribution in [0.2, 0.25) is 0 Å². The lowest BCUT2D eigenvalue weighted by Gasteiger charge is -2.34. The summed E-state index contributed by atoms with van der Waals surface area (Å²) in [6.45, 7) is 5.76. The Balaban J connectivity index is 2.28. The second kappa shape index (κ2) is 4.92. The number of hydrogen-bond donors (Lipinski definition) is 1. The van der Waals surface area contributed by atoms with Crippen LogP contribution in [-0.4, -0.2) is 36.2 Å². The SMILES string of the molecule is CC(C)(N)CCN1CCC(C(F)(F)F)CC1. The van der Waals surface area contributed by atoms with E-state index in [4.69, 9.17) is 5.73 Å². The van der Waals surface area contributed by atoms with Crippen molar-refractivity contribution < 1.29 is 13.2 Å². The lowest BCUT2D eigenvalue weighted by atomic mass is 9.95. The first-order valence-electron chi connectivity index (χ1n) is 5.76. The van der Waals surface area contributed by atoms with Gasteiger partial charge >= 0.3 is 6.18 Å². The minimum absolute atomic E-state index is 0.231. The average Bonchev–Trinajstić information content (AvgIpc) is 2.13. The number of likely N-dealkylation sites (tertiary alicyclic amines) is 1. The zero-order chi connectivity index (χ0) is 12.4. The average molecular weight is 238 g/mol. The number of nitrogens with zero attached hydrogens (tertiary/aromatic N) is 1. The van der Waals surface area contributed by atoms with Crippen LogP contribution in [0.1, 0.15) is 33.1 Å². The molecule has 0 aromatic rings. The second-order valence-corrected chi connectivity index (χ2v) is 5.40. The van der Waals surface area contributed by atoms with Gasteiger partial charge in [-0.1, -0.05) is 0 Å². The number of alkyl halides is 3. The maximum absolute atomic E-state index is 12.4. The zero-order valence-corrected chi connectivity index (χ0v) is 9.98. The van der Waals surface area contributed by atoms with Gasteiger partial charge in [0.1, 0.15) is 0 Å². The van der Waals surface area contributed by atoms with Crippen LogP contribution in [0.4, 0.5) is 13.2 Å². The molecule has 0 radical (unpaired) electrons. The van der Waals surface area contributed by atoms with Gasteiger partial charge in [-0.05, 0) is 52.7 Å². The Labute approximate surface area is 95.0 Å². The fourth-order valence-electron chi connectivity index (χ4n) is 1.93. The molecule has 0 saturated carbocycles. The third-order valence-corrected chi connectivity index (χ3v) is 3.12. The Morgan fingerprint density at radius 3 is 2.06 bits per heavy atom. The van der Waals surface area contributed by atoms with Crippen LogP contribution in [0.5, 0.6) is 0 Å². The zero-order valence-electron chi connectivity index (χ0n) is 9.98. The highest BCUT2D eigenvalue weighted by Crippen LogP contribution is 2.34. The quantitative estimate of drug-likeness (QED) is 0.818. The standard InChI is InChI=1S/C11H21F3N2/c1-10(2,15)5-8-16-6-3-9(4-7-16)11(12,13)14/h9H,3-8,15H2,1-2H3. The molecule has 0 unspecified atom stereocenters. The Morgan fingerprint density at radius 2 is 1.69 bits per heavy atom. The predicted octanol–water partition coefficient (Wildman–Crippen LogP) is 2.39. The highest BCUT2D eigenvalue weighted by Gasteiger charge is 2.40. The van der Waals surface area contributed by atoms with Gasteiger partial charge in [-0.25, -0.2) is 0 Å². The molecule has 0 atom stereocenters. The van der Waals surface area contributed by atoms with E-state index in [1.54, 1.807) is 0 Å². The van der Waals surface area contributed by atoms with Crippen LogP contribution in [0.15, 0.2) is 0 Å². The van der Waals surface area contributed by atoms with E-state index >= 15 is 0 Å². The number of piperidine rings is 1. The molecule has 0 aliphatic carbocycles. The van der Waals surface area contributed by atoms with Crippen molar-refractivity contribution in [2.45, 2.75) is 44.8 Å². The summed E-state index contributed by atoms with van der Waals surface area (Å²) in [6, 6.07) is 0. The van der Waals surface area contributed by atoms with Gasteiger partial charge in [-0.3, -0.25) is 0 Å². The van der Waals surface area contributed by atoms with Gasteiger partial charge in [0.15, 0.2) is 0 Å². The third-order valence-electron chi connectivity index (χ3n) is 3.12. The summed E-state index contributed by atoms with van der Waals surface area (Å²) in [5.41, 5.74) is 5.61. The molecule has 16 heavy (non-hydrogen) atoms. The first kappa shape index (κ1) is 13.8. The van der Waals surface area contributed by atoms with Crippen molar-refractivity contribution in [3.63, 3.8) is 0 Å². The summed E-state index contributed by atoms with van der Waals surface area (Å²) in [7, 11) is 0. The summed E-state index contributed by atoms with van der Waals surface area (Å²) < 4.78 is 37.2. The number of rotatable bonds is 3.